The first kappa shape index (κ1) is 12.5. The molecule has 2 aliphatic rings. The molecule has 2 amide bonds. The Kier molecular flexibility index (Phi) is 3.51. The van der Waals surface area contributed by atoms with Crippen LogP contribution in [-0.2, 0) is 20.4 Å². The average Bonchev–Trinajstić information content (AvgIpc) is 2.75. The zero-order valence-electron chi connectivity index (χ0n) is 10.2. The highest BCUT2D eigenvalue weighted by Crippen LogP contribution is 2.26. The van der Waals surface area contributed by atoms with Crippen molar-refractivity contribution in [1.29, 1.82) is 0 Å². The molecule has 0 aromatic carbocycles. The van der Waals surface area contributed by atoms with Crippen LogP contribution >= 0.6 is 0 Å². The Morgan fingerprint density at radius 3 is 2.71 bits per heavy atom. The normalized spacial score (nSPS) is 30.7. The van der Waals surface area contributed by atoms with E-state index in [1.54, 1.807) is 23.0 Å². The molecule has 0 spiro atoms. The van der Waals surface area contributed by atoms with Crippen LogP contribution in [0, 0.1) is 0 Å². The molecule has 2 fully saturated rings. The number of nitrogens with zero attached hydrogens (tertiary/aromatic N) is 2. The van der Waals surface area contributed by atoms with Crippen LogP contribution in [0.1, 0.15) is 19.8 Å². The lowest BCUT2D eigenvalue weighted by Crippen LogP contribution is -2.62. The van der Waals surface area contributed by atoms with E-state index in [9.17, 15) is 13.8 Å². The lowest BCUT2D eigenvalue weighted by Gasteiger charge is -2.40. The predicted octanol–water partition coefficient (Wildman–Crippen LogP) is -0.413. The molecule has 2 heterocycles. The Morgan fingerprint density at radius 1 is 1.35 bits per heavy atom. The first-order valence-electron chi connectivity index (χ1n) is 5.93. The third-order valence-electron chi connectivity index (χ3n) is 3.55. The maximum absolute atomic E-state index is 12.2. The van der Waals surface area contributed by atoms with E-state index >= 15 is 0 Å². The molecule has 2 aliphatic heterocycles. The second-order valence-electron chi connectivity index (χ2n) is 4.67. The van der Waals surface area contributed by atoms with Gasteiger partial charge in [-0.1, -0.05) is 0 Å². The minimum absolute atomic E-state index is 0.0278. The molecule has 17 heavy (non-hydrogen) atoms. The largest absolute Gasteiger partial charge is 0.329 e. The van der Waals surface area contributed by atoms with Gasteiger partial charge >= 0.3 is 0 Å². The summed E-state index contributed by atoms with van der Waals surface area (Å²) >= 11 is 0. The highest BCUT2D eigenvalue weighted by atomic mass is 32.2. The molecule has 0 radical (unpaired) electrons. The SMILES string of the molecule is CC1C(=O)N2CCCC2C(=O)N1CCS(C)=O. The first-order valence-corrected chi connectivity index (χ1v) is 7.66. The Labute approximate surface area is 104 Å². The Morgan fingerprint density at radius 2 is 2.06 bits per heavy atom. The maximum atomic E-state index is 12.2. The van der Waals surface area contributed by atoms with Crippen molar-refractivity contribution in [1.82, 2.24) is 9.80 Å². The molecule has 96 valence electrons. The molecule has 5 nitrogen and oxygen atoms in total. The fraction of sp³-hybridized carbons (Fsp3) is 0.818. The molecule has 0 aromatic rings. The summed E-state index contributed by atoms with van der Waals surface area (Å²) in [6.07, 6.45) is 3.29. The zero-order valence-corrected chi connectivity index (χ0v) is 11.0. The standard InChI is InChI=1S/C11H18N2O3S/c1-8-10(14)13-5-3-4-9(13)11(15)12(8)6-7-17(2)16/h8-9H,3-7H2,1-2H3. The summed E-state index contributed by atoms with van der Waals surface area (Å²) in [4.78, 5) is 27.6. The van der Waals surface area contributed by atoms with Crippen LogP contribution in [0.3, 0.4) is 0 Å². The van der Waals surface area contributed by atoms with Gasteiger partial charge in [0, 0.05) is 35.9 Å². The number of carbonyl (C=O) groups excluding carboxylic acids is 2. The minimum atomic E-state index is -0.933. The van der Waals surface area contributed by atoms with Crippen LogP contribution < -0.4 is 0 Å². The van der Waals surface area contributed by atoms with E-state index in [2.05, 4.69) is 0 Å². The number of hydrogen-bond donors (Lipinski definition) is 0. The summed E-state index contributed by atoms with van der Waals surface area (Å²) in [5.74, 6) is 0.504. The van der Waals surface area contributed by atoms with Crippen molar-refractivity contribution in [3.8, 4) is 0 Å². The molecule has 2 saturated heterocycles. The van der Waals surface area contributed by atoms with Crippen LogP contribution in [0.25, 0.3) is 0 Å². The van der Waals surface area contributed by atoms with Gasteiger partial charge in [0.15, 0.2) is 0 Å². The third kappa shape index (κ3) is 2.22. The van der Waals surface area contributed by atoms with Crippen molar-refractivity contribution in [3.63, 3.8) is 0 Å². The summed E-state index contributed by atoms with van der Waals surface area (Å²) in [7, 11) is -0.933. The van der Waals surface area contributed by atoms with Crippen molar-refractivity contribution in [2.75, 3.05) is 25.1 Å². The highest BCUT2D eigenvalue weighted by molar-refractivity contribution is 7.84. The zero-order chi connectivity index (χ0) is 12.6. The number of fused-ring (bicyclic) bond motifs is 1. The van der Waals surface area contributed by atoms with Crippen molar-refractivity contribution >= 4 is 22.6 Å². The maximum Gasteiger partial charge on any atom is 0.246 e. The van der Waals surface area contributed by atoms with Gasteiger partial charge in [-0.15, -0.1) is 0 Å². The lowest BCUT2D eigenvalue weighted by molar-refractivity contribution is -0.158. The Hall–Kier alpha value is -0.910. The van der Waals surface area contributed by atoms with Gasteiger partial charge in [0.1, 0.15) is 12.1 Å². The quantitative estimate of drug-likeness (QED) is 0.691. The highest BCUT2D eigenvalue weighted by Gasteiger charge is 2.45. The minimum Gasteiger partial charge on any atom is -0.329 e. The first-order chi connectivity index (χ1) is 8.02. The van der Waals surface area contributed by atoms with Gasteiger partial charge in [0.05, 0.1) is 0 Å². The molecular weight excluding hydrogens is 240 g/mol. The molecule has 0 aromatic heterocycles. The number of rotatable bonds is 3. The summed E-state index contributed by atoms with van der Waals surface area (Å²) in [6.45, 7) is 2.87. The van der Waals surface area contributed by atoms with Crippen molar-refractivity contribution in [2.24, 2.45) is 0 Å². The van der Waals surface area contributed by atoms with E-state index in [0.29, 0.717) is 18.8 Å². The van der Waals surface area contributed by atoms with Crippen molar-refractivity contribution in [3.05, 3.63) is 0 Å². The molecule has 3 atom stereocenters. The molecule has 6 heteroatoms. The van der Waals surface area contributed by atoms with E-state index in [1.165, 1.54) is 0 Å². The summed E-state index contributed by atoms with van der Waals surface area (Å²) in [5, 5.41) is 0. The van der Waals surface area contributed by atoms with E-state index in [1.807, 2.05) is 0 Å². The van der Waals surface area contributed by atoms with Crippen LogP contribution in [0.2, 0.25) is 0 Å². The predicted molar refractivity (Wildman–Crippen MR) is 64.8 cm³/mol. The van der Waals surface area contributed by atoms with Gasteiger partial charge in [-0.05, 0) is 19.8 Å². The van der Waals surface area contributed by atoms with E-state index in [-0.39, 0.29) is 17.9 Å². The third-order valence-corrected chi connectivity index (χ3v) is 4.31. The summed E-state index contributed by atoms with van der Waals surface area (Å²) in [5.41, 5.74) is 0. The molecular formula is C11H18N2O3S. The van der Waals surface area contributed by atoms with Crippen molar-refractivity contribution in [2.45, 2.75) is 31.8 Å². The van der Waals surface area contributed by atoms with E-state index in [0.717, 1.165) is 12.8 Å². The smallest absolute Gasteiger partial charge is 0.246 e. The van der Waals surface area contributed by atoms with Gasteiger partial charge < -0.3 is 9.80 Å². The van der Waals surface area contributed by atoms with Crippen LogP contribution in [-0.4, -0.2) is 63.0 Å². The summed E-state index contributed by atoms with van der Waals surface area (Å²) in [6, 6.07) is -0.663. The van der Waals surface area contributed by atoms with Gasteiger partial charge in [-0.25, -0.2) is 0 Å². The topological polar surface area (TPSA) is 57.7 Å². The van der Waals surface area contributed by atoms with Gasteiger partial charge in [-0.2, -0.15) is 0 Å². The van der Waals surface area contributed by atoms with Gasteiger partial charge in [0.25, 0.3) is 0 Å². The number of carbonyl (C=O) groups is 2. The molecule has 0 N–H and O–H groups in total. The molecule has 3 unspecified atom stereocenters. The van der Waals surface area contributed by atoms with Crippen LogP contribution in [0.15, 0.2) is 0 Å². The van der Waals surface area contributed by atoms with Crippen LogP contribution in [0.5, 0.6) is 0 Å². The fourth-order valence-electron chi connectivity index (χ4n) is 2.57. The lowest BCUT2D eigenvalue weighted by atomic mass is 10.1. The fourth-order valence-corrected chi connectivity index (χ4v) is 3.03. The molecule has 0 saturated carbocycles. The Balaban J connectivity index is 2.12. The van der Waals surface area contributed by atoms with Crippen molar-refractivity contribution < 1.29 is 13.8 Å². The number of hydrogen-bond acceptors (Lipinski definition) is 3. The molecule has 2 rings (SSSR count). The summed E-state index contributed by atoms with van der Waals surface area (Å²) < 4.78 is 11.1. The van der Waals surface area contributed by atoms with E-state index < -0.39 is 16.8 Å². The molecule has 0 aliphatic carbocycles. The second kappa shape index (κ2) is 4.76. The monoisotopic (exact) mass is 258 g/mol. The molecule has 0 bridgehead atoms. The number of amides is 2. The number of piperazine rings is 1. The van der Waals surface area contributed by atoms with Crippen LogP contribution in [0.4, 0.5) is 0 Å². The van der Waals surface area contributed by atoms with Gasteiger partial charge in [0.2, 0.25) is 11.8 Å². The Bertz CT molecular complexity index is 372. The van der Waals surface area contributed by atoms with Gasteiger partial charge in [-0.3, -0.25) is 13.8 Å². The average molecular weight is 258 g/mol. The second-order valence-corrected chi connectivity index (χ2v) is 6.23. The van der Waals surface area contributed by atoms with E-state index in [4.69, 9.17) is 0 Å².